The Bertz CT molecular complexity index is 805. The third-order valence-electron chi connectivity index (χ3n) is 3.33. The van der Waals surface area contributed by atoms with E-state index >= 15 is 0 Å². The number of nitrogens with zero attached hydrogens (tertiary/aromatic N) is 1. The second-order valence-electron chi connectivity index (χ2n) is 4.96. The monoisotopic (exact) mass is 405 g/mol. The van der Waals surface area contributed by atoms with Crippen LogP contribution in [0.1, 0.15) is 11.1 Å². The van der Waals surface area contributed by atoms with Gasteiger partial charge in [0.15, 0.2) is 0 Å². The van der Waals surface area contributed by atoms with Crippen LogP contribution in [-0.2, 0) is 11.3 Å². The summed E-state index contributed by atoms with van der Waals surface area (Å²) in [5, 5.41) is 9.54. The number of carbonyl (C=O) groups excluding carboxylic acids is 1. The Hall–Kier alpha value is -1.63. The van der Waals surface area contributed by atoms with Gasteiger partial charge in [-0.05, 0) is 45.3 Å². The van der Waals surface area contributed by atoms with E-state index in [2.05, 4.69) is 15.9 Å². The maximum Gasteiger partial charge on any atom is 0.266 e. The SMILES string of the molecule is O=C1C(=Cc2ccc(O)c(Br)c2)SC(=S)N1Cc1ccccc1. The number of hydrogen-bond acceptors (Lipinski definition) is 4. The van der Waals surface area contributed by atoms with Crippen molar-refractivity contribution in [1.29, 1.82) is 0 Å². The fraction of sp³-hybridized carbons (Fsp3) is 0.0588. The number of phenols is 1. The summed E-state index contributed by atoms with van der Waals surface area (Å²) >= 11 is 9.90. The molecule has 2 aromatic carbocycles. The van der Waals surface area contributed by atoms with Gasteiger partial charge in [-0.3, -0.25) is 9.69 Å². The first-order chi connectivity index (χ1) is 11.0. The number of aromatic hydroxyl groups is 1. The van der Waals surface area contributed by atoms with Crippen molar-refractivity contribution in [3.63, 3.8) is 0 Å². The minimum absolute atomic E-state index is 0.0898. The Labute approximate surface area is 152 Å². The van der Waals surface area contributed by atoms with Gasteiger partial charge in [-0.25, -0.2) is 0 Å². The van der Waals surface area contributed by atoms with E-state index in [9.17, 15) is 9.90 Å². The summed E-state index contributed by atoms with van der Waals surface area (Å²) in [6, 6.07) is 14.9. The van der Waals surface area contributed by atoms with Crippen LogP contribution < -0.4 is 0 Å². The highest BCUT2D eigenvalue weighted by Crippen LogP contribution is 2.34. The van der Waals surface area contributed by atoms with E-state index in [0.29, 0.717) is 20.2 Å². The van der Waals surface area contributed by atoms with Gasteiger partial charge in [-0.1, -0.05) is 60.4 Å². The Kier molecular flexibility index (Phi) is 4.84. The van der Waals surface area contributed by atoms with E-state index in [1.807, 2.05) is 30.3 Å². The van der Waals surface area contributed by atoms with Crippen LogP contribution in [0.3, 0.4) is 0 Å². The molecule has 0 saturated carbocycles. The van der Waals surface area contributed by atoms with Crippen LogP contribution in [0.15, 0.2) is 57.9 Å². The summed E-state index contributed by atoms with van der Waals surface area (Å²) in [5.74, 6) is 0.0758. The van der Waals surface area contributed by atoms with E-state index < -0.39 is 0 Å². The fourth-order valence-corrected chi connectivity index (χ4v) is 3.82. The average molecular weight is 406 g/mol. The van der Waals surface area contributed by atoms with Crippen LogP contribution >= 0.6 is 39.9 Å². The highest BCUT2D eigenvalue weighted by atomic mass is 79.9. The topological polar surface area (TPSA) is 40.5 Å². The van der Waals surface area contributed by atoms with Gasteiger partial charge >= 0.3 is 0 Å². The van der Waals surface area contributed by atoms with Gasteiger partial charge in [-0.15, -0.1) is 0 Å². The number of hydrogen-bond donors (Lipinski definition) is 1. The lowest BCUT2D eigenvalue weighted by Crippen LogP contribution is -2.27. The molecule has 0 spiro atoms. The number of amides is 1. The Morgan fingerprint density at radius 3 is 2.65 bits per heavy atom. The van der Waals surface area contributed by atoms with E-state index in [1.54, 1.807) is 29.2 Å². The van der Waals surface area contributed by atoms with E-state index in [1.165, 1.54) is 11.8 Å². The van der Waals surface area contributed by atoms with Crippen LogP contribution in [0.5, 0.6) is 5.75 Å². The van der Waals surface area contributed by atoms with Crippen molar-refractivity contribution in [3.05, 3.63) is 69.0 Å². The molecule has 1 heterocycles. The number of thiocarbonyl (C=S) groups is 1. The average Bonchev–Trinajstić information content (AvgIpc) is 2.80. The van der Waals surface area contributed by atoms with E-state index in [4.69, 9.17) is 12.2 Å². The van der Waals surface area contributed by atoms with Crippen LogP contribution in [0.25, 0.3) is 6.08 Å². The third-order valence-corrected chi connectivity index (χ3v) is 5.34. The van der Waals surface area contributed by atoms with Crippen molar-refractivity contribution < 1.29 is 9.90 Å². The first-order valence-corrected chi connectivity index (χ1v) is 8.84. The molecule has 0 atom stereocenters. The van der Waals surface area contributed by atoms with Crippen molar-refractivity contribution in [2.75, 3.05) is 0 Å². The van der Waals surface area contributed by atoms with Gasteiger partial charge in [0, 0.05) is 0 Å². The molecule has 1 saturated heterocycles. The Morgan fingerprint density at radius 2 is 1.96 bits per heavy atom. The molecule has 1 fully saturated rings. The van der Waals surface area contributed by atoms with Crippen LogP contribution in [0.2, 0.25) is 0 Å². The maximum absolute atomic E-state index is 12.6. The van der Waals surface area contributed by atoms with Crippen LogP contribution in [0, 0.1) is 0 Å². The molecule has 1 aliphatic heterocycles. The second kappa shape index (κ2) is 6.86. The predicted molar refractivity (Wildman–Crippen MR) is 101 cm³/mol. The van der Waals surface area contributed by atoms with Crippen molar-refractivity contribution in [3.8, 4) is 5.75 Å². The van der Waals surface area contributed by atoms with Crippen molar-refractivity contribution in [2.45, 2.75) is 6.54 Å². The molecule has 0 bridgehead atoms. The molecule has 6 heteroatoms. The third kappa shape index (κ3) is 3.65. The highest BCUT2D eigenvalue weighted by Gasteiger charge is 2.31. The number of halogens is 1. The molecule has 0 aromatic heterocycles. The summed E-state index contributed by atoms with van der Waals surface area (Å²) in [6.45, 7) is 0.474. The number of rotatable bonds is 3. The molecule has 23 heavy (non-hydrogen) atoms. The summed E-state index contributed by atoms with van der Waals surface area (Å²) in [7, 11) is 0. The summed E-state index contributed by atoms with van der Waals surface area (Å²) in [6.07, 6.45) is 1.79. The molecule has 1 aliphatic rings. The first-order valence-electron chi connectivity index (χ1n) is 6.82. The molecule has 0 aliphatic carbocycles. The highest BCUT2D eigenvalue weighted by molar-refractivity contribution is 9.10. The molecule has 3 nitrogen and oxygen atoms in total. The Balaban J connectivity index is 1.83. The Morgan fingerprint density at radius 1 is 1.22 bits per heavy atom. The smallest absolute Gasteiger partial charge is 0.266 e. The molecule has 3 rings (SSSR count). The molecular weight excluding hydrogens is 394 g/mol. The zero-order valence-corrected chi connectivity index (χ0v) is 15.1. The molecule has 0 radical (unpaired) electrons. The fourth-order valence-electron chi connectivity index (χ4n) is 2.17. The maximum atomic E-state index is 12.6. The van der Waals surface area contributed by atoms with E-state index in [0.717, 1.165) is 11.1 Å². The summed E-state index contributed by atoms with van der Waals surface area (Å²) in [5.41, 5.74) is 1.87. The lowest BCUT2D eigenvalue weighted by molar-refractivity contribution is -0.122. The predicted octanol–water partition coefficient (Wildman–Crippen LogP) is 4.56. The first kappa shape index (κ1) is 16.2. The number of benzene rings is 2. The second-order valence-corrected chi connectivity index (χ2v) is 7.49. The summed E-state index contributed by atoms with van der Waals surface area (Å²) in [4.78, 5) is 14.8. The zero-order chi connectivity index (χ0) is 16.4. The zero-order valence-electron chi connectivity index (χ0n) is 11.9. The van der Waals surface area contributed by atoms with Crippen molar-refractivity contribution in [2.24, 2.45) is 0 Å². The molecule has 116 valence electrons. The number of thioether (sulfide) groups is 1. The minimum atomic E-state index is -0.0898. The van der Waals surface area contributed by atoms with Gasteiger partial charge in [0.25, 0.3) is 5.91 Å². The standard InChI is InChI=1S/C17H12BrNO2S2/c18-13-8-12(6-7-14(13)20)9-15-16(21)19(17(22)23-15)10-11-4-2-1-3-5-11/h1-9,20H,10H2. The van der Waals surface area contributed by atoms with Gasteiger partial charge in [0.1, 0.15) is 10.1 Å². The van der Waals surface area contributed by atoms with Crippen LogP contribution in [0.4, 0.5) is 0 Å². The largest absolute Gasteiger partial charge is 0.507 e. The van der Waals surface area contributed by atoms with Crippen LogP contribution in [-0.4, -0.2) is 20.2 Å². The normalized spacial score (nSPS) is 16.4. The van der Waals surface area contributed by atoms with Gasteiger partial charge in [0.2, 0.25) is 0 Å². The molecule has 1 amide bonds. The number of phenolic OH excluding ortho intramolecular Hbond substituents is 1. The lowest BCUT2D eigenvalue weighted by atomic mass is 10.2. The van der Waals surface area contributed by atoms with Gasteiger partial charge < -0.3 is 5.11 Å². The van der Waals surface area contributed by atoms with Gasteiger partial charge in [0.05, 0.1) is 15.9 Å². The van der Waals surface area contributed by atoms with Crippen molar-refractivity contribution >= 4 is 56.2 Å². The molecule has 2 aromatic rings. The van der Waals surface area contributed by atoms with Gasteiger partial charge in [-0.2, -0.15) is 0 Å². The molecule has 0 unspecified atom stereocenters. The minimum Gasteiger partial charge on any atom is -0.507 e. The molecule has 1 N–H and O–H groups in total. The number of carbonyl (C=O) groups is 1. The molecular formula is C17H12BrNO2S2. The lowest BCUT2D eigenvalue weighted by Gasteiger charge is -2.14. The van der Waals surface area contributed by atoms with Crippen molar-refractivity contribution in [1.82, 2.24) is 4.90 Å². The summed E-state index contributed by atoms with van der Waals surface area (Å²) < 4.78 is 1.15. The quantitative estimate of drug-likeness (QED) is 0.600. The van der Waals surface area contributed by atoms with E-state index in [-0.39, 0.29) is 11.7 Å².